The molecule has 3 aromatic rings. The first-order valence-electron chi connectivity index (χ1n) is 8.24. The molecule has 0 radical (unpaired) electrons. The maximum atomic E-state index is 11.9. The van der Waals surface area contributed by atoms with Crippen LogP contribution in [0.15, 0.2) is 53.4 Å². The molecule has 3 rings (SSSR count). The van der Waals surface area contributed by atoms with E-state index in [0.29, 0.717) is 6.42 Å². The van der Waals surface area contributed by atoms with Crippen molar-refractivity contribution in [3.8, 4) is 0 Å². The molecule has 0 spiro atoms. The molecule has 1 amide bonds. The molecule has 0 aliphatic heterocycles. The lowest BCUT2D eigenvalue weighted by molar-refractivity contribution is -0.147. The molecule has 0 bridgehead atoms. The first kappa shape index (κ1) is 19.9. The van der Waals surface area contributed by atoms with E-state index in [1.54, 1.807) is 0 Å². The number of carbonyl (C=O) groups is 2. The van der Waals surface area contributed by atoms with E-state index >= 15 is 0 Å². The molecule has 2 aromatic carbocycles. The Morgan fingerprint density at radius 2 is 1.93 bits per heavy atom. The minimum Gasteiger partial charge on any atom is -0.456 e. The highest BCUT2D eigenvalue weighted by Crippen LogP contribution is 2.22. The monoisotopic (exact) mass is 419 g/mol. The number of sulfonamides is 1. The van der Waals surface area contributed by atoms with Crippen molar-refractivity contribution in [1.82, 2.24) is 4.98 Å². The number of anilines is 1. The molecular formula is C18H17N3O5S2. The van der Waals surface area contributed by atoms with E-state index in [-0.39, 0.29) is 17.0 Å². The predicted octanol–water partition coefficient (Wildman–Crippen LogP) is 2.06. The molecule has 1 heterocycles. The van der Waals surface area contributed by atoms with Crippen molar-refractivity contribution in [3.05, 3.63) is 53.5 Å². The van der Waals surface area contributed by atoms with Crippen molar-refractivity contribution < 1.29 is 22.7 Å². The average molecular weight is 419 g/mol. The number of fused-ring (bicyclic) bond motifs is 1. The van der Waals surface area contributed by atoms with E-state index < -0.39 is 28.5 Å². The highest BCUT2D eigenvalue weighted by atomic mass is 32.2. The van der Waals surface area contributed by atoms with Crippen LogP contribution in [-0.4, -0.2) is 31.9 Å². The number of carbonyl (C=O) groups excluding carboxylic acids is 2. The molecule has 0 fully saturated rings. The van der Waals surface area contributed by atoms with Gasteiger partial charge in [-0.15, -0.1) is 11.3 Å². The number of esters is 1. The summed E-state index contributed by atoms with van der Waals surface area (Å²) in [5.41, 5.74) is 1.12. The molecule has 0 saturated heterocycles. The first-order chi connectivity index (χ1) is 13.3. The molecule has 8 nitrogen and oxygen atoms in total. The number of para-hydroxylation sites is 1. The quantitative estimate of drug-likeness (QED) is 0.564. The number of nitrogens with zero attached hydrogens (tertiary/aromatic N) is 1. The number of aryl methyl sites for hydroxylation is 1. The summed E-state index contributed by atoms with van der Waals surface area (Å²) in [6.07, 6.45) is 0.532. The van der Waals surface area contributed by atoms with Crippen molar-refractivity contribution in [3.63, 3.8) is 0 Å². The van der Waals surface area contributed by atoms with Gasteiger partial charge in [0.1, 0.15) is 0 Å². The van der Waals surface area contributed by atoms with Crippen molar-refractivity contribution in [2.45, 2.75) is 17.7 Å². The maximum absolute atomic E-state index is 11.9. The number of hydrogen-bond donors (Lipinski definition) is 2. The zero-order valence-electron chi connectivity index (χ0n) is 14.6. The van der Waals surface area contributed by atoms with Crippen LogP contribution >= 0.6 is 11.3 Å². The van der Waals surface area contributed by atoms with Gasteiger partial charge in [0.25, 0.3) is 5.91 Å². The summed E-state index contributed by atoms with van der Waals surface area (Å²) >= 11 is 1.51. The topological polar surface area (TPSA) is 128 Å². The summed E-state index contributed by atoms with van der Waals surface area (Å²) in [4.78, 5) is 28.1. The lowest BCUT2D eigenvalue weighted by Gasteiger charge is -2.07. The Morgan fingerprint density at radius 3 is 2.68 bits per heavy atom. The number of nitrogens with two attached hydrogens (primary N) is 1. The van der Waals surface area contributed by atoms with Gasteiger partial charge in [-0.05, 0) is 30.3 Å². The van der Waals surface area contributed by atoms with E-state index in [1.807, 2.05) is 24.3 Å². The van der Waals surface area contributed by atoms with Crippen LogP contribution in [0.4, 0.5) is 5.69 Å². The van der Waals surface area contributed by atoms with Crippen LogP contribution in [0.25, 0.3) is 10.2 Å². The van der Waals surface area contributed by atoms with Gasteiger partial charge in [0.05, 0.1) is 26.5 Å². The third kappa shape index (κ3) is 5.35. The number of benzene rings is 2. The van der Waals surface area contributed by atoms with Gasteiger partial charge in [-0.25, -0.2) is 18.5 Å². The molecule has 0 aliphatic rings. The number of thiazole rings is 1. The molecule has 28 heavy (non-hydrogen) atoms. The summed E-state index contributed by atoms with van der Waals surface area (Å²) in [5.74, 6) is -1.10. The molecule has 0 saturated carbocycles. The molecule has 0 unspecified atom stereocenters. The number of nitrogens with one attached hydrogen (secondary N) is 1. The number of rotatable bonds is 7. The third-order valence-corrected chi connectivity index (χ3v) is 5.70. The van der Waals surface area contributed by atoms with Gasteiger partial charge in [-0.3, -0.25) is 9.59 Å². The van der Waals surface area contributed by atoms with Crippen molar-refractivity contribution >= 4 is 49.1 Å². The van der Waals surface area contributed by atoms with Gasteiger partial charge in [0, 0.05) is 12.1 Å². The fraction of sp³-hybridized carbons (Fsp3) is 0.167. The molecule has 10 heteroatoms. The minimum atomic E-state index is -3.87. The predicted molar refractivity (Wildman–Crippen MR) is 105 cm³/mol. The van der Waals surface area contributed by atoms with Crippen LogP contribution in [0.5, 0.6) is 0 Å². The Hall–Kier alpha value is -2.82. The van der Waals surface area contributed by atoms with E-state index in [1.165, 1.54) is 35.6 Å². The van der Waals surface area contributed by atoms with Crippen molar-refractivity contribution in [2.75, 3.05) is 11.9 Å². The Labute approximate surface area is 165 Å². The van der Waals surface area contributed by atoms with E-state index in [4.69, 9.17) is 9.88 Å². The minimum absolute atomic E-state index is 0.105. The number of hydrogen-bond acceptors (Lipinski definition) is 7. The average Bonchev–Trinajstić information content (AvgIpc) is 3.07. The molecule has 1 aromatic heterocycles. The molecule has 3 N–H and O–H groups in total. The zero-order valence-corrected chi connectivity index (χ0v) is 16.3. The Kier molecular flexibility index (Phi) is 6.02. The van der Waals surface area contributed by atoms with Crippen LogP contribution in [-0.2, 0) is 30.8 Å². The summed E-state index contributed by atoms with van der Waals surface area (Å²) < 4.78 is 28.6. The second-order valence-electron chi connectivity index (χ2n) is 5.86. The molecular weight excluding hydrogens is 402 g/mol. The standard InChI is InChI=1S/C18H17N3O5S2/c19-28(24,25)13-5-3-4-12(10-13)20-16(22)11-26-18(23)9-8-17-21-14-6-1-2-7-15(14)27-17/h1-7,10H,8-9,11H2,(H,20,22)(H2,19,24,25). The second-order valence-corrected chi connectivity index (χ2v) is 8.53. The van der Waals surface area contributed by atoms with Gasteiger partial charge >= 0.3 is 5.97 Å². The first-order valence-corrected chi connectivity index (χ1v) is 10.6. The second kappa shape index (κ2) is 8.46. The lowest BCUT2D eigenvalue weighted by atomic mass is 10.3. The number of primary sulfonamides is 1. The molecule has 0 aliphatic carbocycles. The number of aromatic nitrogens is 1. The van der Waals surface area contributed by atoms with Crippen LogP contribution in [0.3, 0.4) is 0 Å². The van der Waals surface area contributed by atoms with Crippen LogP contribution in [0.1, 0.15) is 11.4 Å². The smallest absolute Gasteiger partial charge is 0.306 e. The van der Waals surface area contributed by atoms with E-state index in [9.17, 15) is 18.0 Å². The van der Waals surface area contributed by atoms with Gasteiger partial charge in [-0.1, -0.05) is 18.2 Å². The summed E-state index contributed by atoms with van der Waals surface area (Å²) in [7, 11) is -3.87. The van der Waals surface area contributed by atoms with Gasteiger partial charge in [0.2, 0.25) is 10.0 Å². The van der Waals surface area contributed by atoms with E-state index in [0.717, 1.165) is 15.2 Å². The fourth-order valence-electron chi connectivity index (χ4n) is 2.40. The Morgan fingerprint density at radius 1 is 1.14 bits per heavy atom. The van der Waals surface area contributed by atoms with Crippen molar-refractivity contribution in [1.29, 1.82) is 0 Å². The highest BCUT2D eigenvalue weighted by Gasteiger charge is 2.12. The summed E-state index contributed by atoms with van der Waals surface area (Å²) in [6, 6.07) is 13.2. The third-order valence-electron chi connectivity index (χ3n) is 3.69. The Bertz CT molecular complexity index is 1090. The SMILES string of the molecule is NS(=O)(=O)c1cccc(NC(=O)COC(=O)CCc2nc3ccccc3s2)c1. The van der Waals surface area contributed by atoms with Crippen LogP contribution < -0.4 is 10.5 Å². The normalized spacial score (nSPS) is 11.3. The Balaban J connectivity index is 1.47. The zero-order chi connectivity index (χ0) is 20.1. The summed E-state index contributed by atoms with van der Waals surface area (Å²) in [5, 5.41) is 8.32. The molecule has 146 valence electrons. The van der Waals surface area contributed by atoms with Crippen molar-refractivity contribution in [2.24, 2.45) is 5.14 Å². The van der Waals surface area contributed by atoms with Crippen LogP contribution in [0.2, 0.25) is 0 Å². The lowest BCUT2D eigenvalue weighted by Crippen LogP contribution is -2.21. The van der Waals surface area contributed by atoms with Gasteiger partial charge in [-0.2, -0.15) is 0 Å². The van der Waals surface area contributed by atoms with Crippen LogP contribution in [0, 0.1) is 0 Å². The van der Waals surface area contributed by atoms with E-state index in [2.05, 4.69) is 10.3 Å². The highest BCUT2D eigenvalue weighted by molar-refractivity contribution is 7.89. The van der Waals surface area contributed by atoms with Gasteiger partial charge < -0.3 is 10.1 Å². The van der Waals surface area contributed by atoms with Gasteiger partial charge in [0.15, 0.2) is 6.61 Å². The molecule has 0 atom stereocenters. The number of ether oxygens (including phenoxy) is 1. The fourth-order valence-corrected chi connectivity index (χ4v) is 3.93. The number of amides is 1. The largest absolute Gasteiger partial charge is 0.456 e. The summed E-state index contributed by atoms with van der Waals surface area (Å²) in [6.45, 7) is -0.474. The maximum Gasteiger partial charge on any atom is 0.306 e.